The van der Waals surface area contributed by atoms with Gasteiger partial charge < -0.3 is 14.3 Å². The Labute approximate surface area is 192 Å². The summed E-state index contributed by atoms with van der Waals surface area (Å²) in [6.07, 6.45) is 2.92. The Bertz CT molecular complexity index is 972. The molecule has 0 radical (unpaired) electrons. The van der Waals surface area contributed by atoms with Gasteiger partial charge in [-0.2, -0.15) is 0 Å². The maximum Gasteiger partial charge on any atom is 0.261 e. The van der Waals surface area contributed by atoms with Gasteiger partial charge in [-0.05, 0) is 33.1 Å². The molecule has 1 fully saturated rings. The predicted octanol–water partition coefficient (Wildman–Crippen LogP) is 4.16. The van der Waals surface area contributed by atoms with Crippen molar-refractivity contribution in [1.29, 1.82) is 0 Å². The lowest BCUT2D eigenvalue weighted by atomic mass is 9.90. The fourth-order valence-electron chi connectivity index (χ4n) is 4.74. The van der Waals surface area contributed by atoms with Crippen molar-refractivity contribution in [3.63, 3.8) is 0 Å². The third-order valence-corrected chi connectivity index (χ3v) is 11.5. The summed E-state index contributed by atoms with van der Waals surface area (Å²) in [7, 11) is -2.61. The minimum Gasteiger partial charge on any atom is -0.403 e. The van der Waals surface area contributed by atoms with Crippen molar-refractivity contribution >= 4 is 18.7 Å². The zero-order valence-electron chi connectivity index (χ0n) is 19.3. The van der Waals surface area contributed by atoms with Crippen molar-refractivity contribution < 1.29 is 14.3 Å². The van der Waals surface area contributed by atoms with E-state index in [1.807, 2.05) is 12.1 Å². The summed E-state index contributed by atoms with van der Waals surface area (Å²) < 4.78 is 12.5. The van der Waals surface area contributed by atoms with Crippen LogP contribution in [0.25, 0.3) is 0 Å². The number of hydrogen-bond donors (Lipinski definition) is 1. The molecule has 3 aromatic rings. The van der Waals surface area contributed by atoms with Crippen LogP contribution in [0.1, 0.15) is 44.9 Å². The van der Waals surface area contributed by atoms with E-state index in [4.69, 9.17) is 9.16 Å². The zero-order chi connectivity index (χ0) is 22.7. The molecule has 0 saturated carbocycles. The van der Waals surface area contributed by atoms with Crippen LogP contribution in [-0.4, -0.2) is 31.6 Å². The summed E-state index contributed by atoms with van der Waals surface area (Å²) in [4.78, 5) is 4.49. The summed E-state index contributed by atoms with van der Waals surface area (Å²) in [5, 5.41) is 13.5. The quantitative estimate of drug-likeness (QED) is 0.577. The molecule has 1 aliphatic heterocycles. The van der Waals surface area contributed by atoms with Gasteiger partial charge in [0.05, 0.1) is 12.3 Å². The van der Waals surface area contributed by atoms with Crippen molar-refractivity contribution in [3.8, 4) is 0 Å². The van der Waals surface area contributed by atoms with Crippen LogP contribution < -0.4 is 10.4 Å². The smallest absolute Gasteiger partial charge is 0.261 e. The van der Waals surface area contributed by atoms with Crippen molar-refractivity contribution in [1.82, 2.24) is 4.98 Å². The molecular weight excluding hydrogens is 414 g/mol. The summed E-state index contributed by atoms with van der Waals surface area (Å²) in [6, 6.07) is 25.3. The highest BCUT2D eigenvalue weighted by atomic mass is 28.4. The first-order valence-electron chi connectivity index (χ1n) is 11.4. The first kappa shape index (κ1) is 22.9. The number of aromatic nitrogens is 1. The number of rotatable bonds is 6. The predicted molar refractivity (Wildman–Crippen MR) is 131 cm³/mol. The lowest BCUT2D eigenvalue weighted by Gasteiger charge is -2.43. The van der Waals surface area contributed by atoms with E-state index >= 15 is 0 Å². The Balaban J connectivity index is 1.71. The van der Waals surface area contributed by atoms with Crippen molar-refractivity contribution in [2.24, 2.45) is 0 Å². The van der Waals surface area contributed by atoms with Crippen LogP contribution in [0.5, 0.6) is 0 Å². The normalized spacial score (nSPS) is 16.6. The molecule has 0 aliphatic carbocycles. The summed E-state index contributed by atoms with van der Waals surface area (Å²) in [5.74, 6) is 0. The number of nitrogens with zero attached hydrogens (tertiary/aromatic N) is 1. The molecule has 2 heterocycles. The minimum atomic E-state index is -2.61. The van der Waals surface area contributed by atoms with Crippen LogP contribution in [0.4, 0.5) is 0 Å². The molecule has 0 atom stereocenters. The average molecular weight is 448 g/mol. The van der Waals surface area contributed by atoms with Crippen LogP contribution in [-0.2, 0) is 21.4 Å². The second kappa shape index (κ2) is 9.28. The van der Waals surface area contributed by atoms with Crippen molar-refractivity contribution in [2.75, 3.05) is 13.2 Å². The summed E-state index contributed by atoms with van der Waals surface area (Å²) >= 11 is 0. The molecule has 1 aromatic heterocycles. The molecule has 0 bridgehead atoms. The van der Waals surface area contributed by atoms with E-state index in [0.717, 1.165) is 5.56 Å². The van der Waals surface area contributed by atoms with Gasteiger partial charge in [0.15, 0.2) is 0 Å². The lowest BCUT2D eigenvalue weighted by Crippen LogP contribution is -2.66. The van der Waals surface area contributed by atoms with E-state index in [-0.39, 0.29) is 5.04 Å². The van der Waals surface area contributed by atoms with Crippen LogP contribution in [0.15, 0.2) is 79.0 Å². The van der Waals surface area contributed by atoms with Crippen LogP contribution in [0.3, 0.4) is 0 Å². The van der Waals surface area contributed by atoms with Crippen LogP contribution in [0, 0.1) is 0 Å². The highest BCUT2D eigenvalue weighted by Crippen LogP contribution is 2.37. The van der Waals surface area contributed by atoms with Gasteiger partial charge in [-0.3, -0.25) is 4.98 Å². The zero-order valence-corrected chi connectivity index (χ0v) is 20.3. The Morgan fingerprint density at radius 3 is 2.03 bits per heavy atom. The maximum atomic E-state index is 11.1. The molecular formula is C27H33NO3Si. The number of benzene rings is 2. The van der Waals surface area contributed by atoms with E-state index < -0.39 is 13.9 Å². The van der Waals surface area contributed by atoms with E-state index in [9.17, 15) is 5.11 Å². The van der Waals surface area contributed by atoms with Gasteiger partial charge in [-0.15, -0.1) is 0 Å². The van der Waals surface area contributed by atoms with Gasteiger partial charge in [-0.1, -0.05) is 81.4 Å². The van der Waals surface area contributed by atoms with Gasteiger partial charge >= 0.3 is 0 Å². The van der Waals surface area contributed by atoms with E-state index in [1.54, 1.807) is 6.20 Å². The summed E-state index contributed by atoms with van der Waals surface area (Å²) in [6.45, 7) is 8.42. The SMILES string of the molecule is CC(C)(C)[Si](OCc1ccnc(C2(O)CCOCC2)c1)(c1ccccc1)c1ccccc1. The van der Waals surface area contributed by atoms with Gasteiger partial charge in [-0.25, -0.2) is 0 Å². The lowest BCUT2D eigenvalue weighted by molar-refractivity contribution is -0.0706. The third kappa shape index (κ3) is 4.43. The second-order valence-electron chi connectivity index (χ2n) is 9.65. The second-order valence-corrected chi connectivity index (χ2v) is 14.0. The molecule has 2 aromatic carbocycles. The third-order valence-electron chi connectivity index (χ3n) is 6.49. The Kier molecular flexibility index (Phi) is 6.63. The van der Waals surface area contributed by atoms with Gasteiger partial charge in [0.25, 0.3) is 8.32 Å². The highest BCUT2D eigenvalue weighted by molar-refractivity contribution is 6.99. The van der Waals surface area contributed by atoms with Crippen LogP contribution in [0.2, 0.25) is 5.04 Å². The Hall–Kier alpha value is -2.31. The molecule has 1 aliphatic rings. The molecule has 0 unspecified atom stereocenters. The molecule has 0 amide bonds. The topological polar surface area (TPSA) is 51.6 Å². The molecule has 1 saturated heterocycles. The van der Waals surface area contributed by atoms with Crippen molar-refractivity contribution in [3.05, 3.63) is 90.3 Å². The molecule has 168 valence electrons. The van der Waals surface area contributed by atoms with Gasteiger partial charge in [0, 0.05) is 32.3 Å². The molecule has 5 heteroatoms. The highest BCUT2D eigenvalue weighted by Gasteiger charge is 2.50. The van der Waals surface area contributed by atoms with Crippen molar-refractivity contribution in [2.45, 2.75) is 50.9 Å². The maximum absolute atomic E-state index is 11.1. The molecule has 32 heavy (non-hydrogen) atoms. The minimum absolute atomic E-state index is 0.0789. The summed E-state index contributed by atoms with van der Waals surface area (Å²) in [5.41, 5.74) is 0.818. The largest absolute Gasteiger partial charge is 0.403 e. The number of hydrogen-bond acceptors (Lipinski definition) is 4. The van der Waals surface area contributed by atoms with Gasteiger partial charge in [0.1, 0.15) is 5.60 Å². The fraction of sp³-hybridized carbons (Fsp3) is 0.370. The average Bonchev–Trinajstić information content (AvgIpc) is 2.81. The monoisotopic (exact) mass is 447 g/mol. The van der Waals surface area contributed by atoms with E-state index in [0.29, 0.717) is 38.4 Å². The molecule has 4 rings (SSSR count). The number of pyridine rings is 1. The van der Waals surface area contributed by atoms with Gasteiger partial charge in [0.2, 0.25) is 0 Å². The first-order chi connectivity index (χ1) is 15.4. The number of aliphatic hydroxyl groups is 1. The van der Waals surface area contributed by atoms with E-state index in [2.05, 4.69) is 86.4 Å². The molecule has 1 N–H and O–H groups in total. The van der Waals surface area contributed by atoms with E-state index in [1.165, 1.54) is 10.4 Å². The first-order valence-corrected chi connectivity index (χ1v) is 13.3. The molecule has 0 spiro atoms. The Morgan fingerprint density at radius 2 is 1.50 bits per heavy atom. The standard InChI is InChI=1S/C27H33NO3Si/c1-26(2,3)32(23-10-6-4-7-11-23,24-12-8-5-9-13-24)31-21-22-14-17-28-25(20-22)27(29)15-18-30-19-16-27/h4-14,17,20,29H,15-16,18-19,21H2,1-3H3. The Morgan fingerprint density at radius 1 is 0.938 bits per heavy atom. The number of ether oxygens (including phenoxy) is 1. The van der Waals surface area contributed by atoms with Crippen LogP contribution >= 0.6 is 0 Å². The fourth-order valence-corrected chi connectivity index (χ4v) is 9.28. The molecule has 4 nitrogen and oxygen atoms in total.